The molecule has 6 nitrogen and oxygen atoms in total. The van der Waals surface area contributed by atoms with Crippen molar-refractivity contribution in [2.24, 2.45) is 5.92 Å². The molecule has 3 atom stereocenters. The predicted octanol–water partition coefficient (Wildman–Crippen LogP) is 4.61. The van der Waals surface area contributed by atoms with Gasteiger partial charge in [-0.05, 0) is 43.9 Å². The molecule has 1 saturated carbocycles. The number of aromatic nitrogens is 3. The fourth-order valence-corrected chi connectivity index (χ4v) is 5.15. The molecule has 2 fully saturated rings. The van der Waals surface area contributed by atoms with Crippen molar-refractivity contribution in [1.82, 2.24) is 19.9 Å². The third kappa shape index (κ3) is 3.83. The van der Waals surface area contributed by atoms with E-state index in [1.807, 2.05) is 24.4 Å². The molecule has 1 aliphatic heterocycles. The number of fused-ring (bicyclic) bond motifs is 2. The van der Waals surface area contributed by atoms with E-state index >= 15 is 0 Å². The molecule has 0 spiro atoms. The van der Waals surface area contributed by atoms with Crippen LogP contribution < -0.4 is 4.74 Å². The minimum atomic E-state index is -4.45. The molecule has 0 aromatic carbocycles. The number of carbonyl (C=O) groups is 1. The number of thiazole rings is 1. The first-order chi connectivity index (χ1) is 15.3. The molecule has 32 heavy (non-hydrogen) atoms. The summed E-state index contributed by atoms with van der Waals surface area (Å²) in [5, 5.41) is 2.58. The Labute approximate surface area is 186 Å². The number of ether oxygens (including phenoxy) is 1. The van der Waals surface area contributed by atoms with E-state index in [1.165, 1.54) is 17.4 Å². The molecule has 1 aliphatic carbocycles. The summed E-state index contributed by atoms with van der Waals surface area (Å²) >= 11 is 1.44. The Morgan fingerprint density at radius 3 is 2.69 bits per heavy atom. The van der Waals surface area contributed by atoms with Crippen molar-refractivity contribution >= 4 is 17.2 Å². The van der Waals surface area contributed by atoms with Gasteiger partial charge < -0.3 is 9.64 Å². The zero-order valence-electron chi connectivity index (χ0n) is 17.0. The van der Waals surface area contributed by atoms with Crippen LogP contribution in [0.3, 0.4) is 0 Å². The van der Waals surface area contributed by atoms with Gasteiger partial charge in [0.1, 0.15) is 16.8 Å². The molecular weight excluding hydrogens is 441 g/mol. The molecule has 2 aliphatic rings. The van der Waals surface area contributed by atoms with Gasteiger partial charge in [0.25, 0.3) is 5.91 Å². The second kappa shape index (κ2) is 7.84. The molecule has 1 amide bonds. The van der Waals surface area contributed by atoms with Crippen molar-refractivity contribution in [3.05, 3.63) is 59.0 Å². The standard InChI is InChI=1S/C22H19F3N4O2S/c1-12-2-4-15(20-26-6-7-32-20)19(28-12)21(30)29-11-13-8-16(29)17(9-13)31-18-5-3-14(10-27-18)22(23,24)25/h2-7,10,13,16-17H,8-9,11H2,1H3. The van der Waals surface area contributed by atoms with Crippen LogP contribution in [-0.4, -0.2) is 44.4 Å². The molecule has 0 N–H and O–H groups in total. The maximum Gasteiger partial charge on any atom is 0.417 e. The maximum absolute atomic E-state index is 13.5. The van der Waals surface area contributed by atoms with Gasteiger partial charge in [-0.3, -0.25) is 4.79 Å². The normalized spacial score (nSPS) is 22.4. The maximum atomic E-state index is 13.5. The number of piperidine rings is 1. The summed E-state index contributed by atoms with van der Waals surface area (Å²) < 4.78 is 44.2. The van der Waals surface area contributed by atoms with Crippen molar-refractivity contribution in [2.75, 3.05) is 6.54 Å². The second-order valence-electron chi connectivity index (χ2n) is 8.09. The van der Waals surface area contributed by atoms with Gasteiger partial charge in [-0.15, -0.1) is 11.3 Å². The Kier molecular flexibility index (Phi) is 5.11. The molecule has 4 heterocycles. The van der Waals surface area contributed by atoms with Crippen LogP contribution in [-0.2, 0) is 6.18 Å². The van der Waals surface area contributed by atoms with E-state index in [-0.39, 0.29) is 29.9 Å². The topological polar surface area (TPSA) is 68.2 Å². The lowest BCUT2D eigenvalue weighted by Crippen LogP contribution is -2.47. The third-order valence-corrected chi connectivity index (χ3v) is 6.73. The highest BCUT2D eigenvalue weighted by atomic mass is 32.1. The summed E-state index contributed by atoms with van der Waals surface area (Å²) in [4.78, 5) is 27.9. The number of pyridine rings is 2. The SMILES string of the molecule is Cc1ccc(-c2nccs2)c(C(=O)N2CC3CC(Oc4ccc(C(F)(F)F)cn4)C2C3)n1. The number of hydrogen-bond acceptors (Lipinski definition) is 6. The number of carbonyl (C=O) groups excluding carboxylic acids is 1. The summed E-state index contributed by atoms with van der Waals surface area (Å²) in [6.07, 6.45) is -0.797. The molecule has 10 heteroatoms. The average molecular weight is 460 g/mol. The summed E-state index contributed by atoms with van der Waals surface area (Å²) in [5.41, 5.74) is 0.966. The van der Waals surface area contributed by atoms with Gasteiger partial charge in [-0.25, -0.2) is 15.0 Å². The molecule has 3 aromatic heterocycles. The zero-order chi connectivity index (χ0) is 22.5. The van der Waals surface area contributed by atoms with Gasteiger partial charge in [0, 0.05) is 41.6 Å². The largest absolute Gasteiger partial charge is 0.472 e. The lowest BCUT2D eigenvalue weighted by Gasteiger charge is -2.33. The zero-order valence-corrected chi connectivity index (χ0v) is 17.9. The van der Waals surface area contributed by atoms with E-state index in [4.69, 9.17) is 4.74 Å². The van der Waals surface area contributed by atoms with E-state index in [9.17, 15) is 18.0 Å². The molecule has 2 bridgehead atoms. The molecular formula is C22H19F3N4O2S. The summed E-state index contributed by atoms with van der Waals surface area (Å²) in [6, 6.07) is 5.72. The van der Waals surface area contributed by atoms with E-state index < -0.39 is 11.7 Å². The predicted molar refractivity (Wildman–Crippen MR) is 111 cm³/mol. The van der Waals surface area contributed by atoms with E-state index in [2.05, 4.69) is 15.0 Å². The van der Waals surface area contributed by atoms with Gasteiger partial charge >= 0.3 is 6.18 Å². The first kappa shape index (κ1) is 20.9. The van der Waals surface area contributed by atoms with Crippen molar-refractivity contribution in [1.29, 1.82) is 0 Å². The Morgan fingerprint density at radius 2 is 2.03 bits per heavy atom. The van der Waals surface area contributed by atoms with Crippen LogP contribution in [0.5, 0.6) is 5.88 Å². The quantitative estimate of drug-likeness (QED) is 0.569. The van der Waals surface area contributed by atoms with Gasteiger partial charge in [-0.2, -0.15) is 13.2 Å². The van der Waals surface area contributed by atoms with Crippen molar-refractivity contribution in [2.45, 2.75) is 38.1 Å². The third-order valence-electron chi connectivity index (χ3n) is 5.92. The Balaban J connectivity index is 1.37. The molecule has 3 aromatic rings. The van der Waals surface area contributed by atoms with Crippen LogP contribution >= 0.6 is 11.3 Å². The minimum Gasteiger partial charge on any atom is -0.472 e. The molecule has 166 valence electrons. The van der Waals surface area contributed by atoms with Gasteiger partial charge in [0.15, 0.2) is 0 Å². The molecule has 0 radical (unpaired) electrons. The Bertz CT molecular complexity index is 1140. The van der Waals surface area contributed by atoms with E-state index in [0.717, 1.165) is 35.8 Å². The van der Waals surface area contributed by atoms with Crippen LogP contribution in [0.2, 0.25) is 0 Å². The Hall–Kier alpha value is -3.01. The first-order valence-corrected chi connectivity index (χ1v) is 11.1. The second-order valence-corrected chi connectivity index (χ2v) is 8.98. The van der Waals surface area contributed by atoms with Gasteiger partial charge in [0.2, 0.25) is 5.88 Å². The Morgan fingerprint density at radius 1 is 1.19 bits per heavy atom. The number of likely N-dealkylation sites (tertiary alicyclic amines) is 1. The van der Waals surface area contributed by atoms with E-state index in [0.29, 0.717) is 17.8 Å². The lowest BCUT2D eigenvalue weighted by molar-refractivity contribution is -0.137. The number of hydrogen-bond donors (Lipinski definition) is 0. The van der Waals surface area contributed by atoms with Crippen LogP contribution in [0.1, 0.15) is 34.6 Å². The first-order valence-electron chi connectivity index (χ1n) is 10.2. The number of halogens is 3. The fourth-order valence-electron chi connectivity index (χ4n) is 4.48. The number of amides is 1. The fraction of sp³-hybridized carbons (Fsp3) is 0.364. The van der Waals surface area contributed by atoms with Crippen LogP contribution in [0.25, 0.3) is 10.6 Å². The highest BCUT2D eigenvalue weighted by molar-refractivity contribution is 7.13. The number of nitrogens with zero attached hydrogens (tertiary/aromatic N) is 4. The van der Waals surface area contributed by atoms with Crippen molar-refractivity contribution < 1.29 is 22.7 Å². The van der Waals surface area contributed by atoms with Gasteiger partial charge in [-0.1, -0.05) is 0 Å². The molecule has 1 saturated heterocycles. The number of aryl methyl sites for hydroxylation is 1. The van der Waals surface area contributed by atoms with Crippen molar-refractivity contribution in [3.8, 4) is 16.5 Å². The van der Waals surface area contributed by atoms with Crippen molar-refractivity contribution in [3.63, 3.8) is 0 Å². The van der Waals surface area contributed by atoms with E-state index in [1.54, 1.807) is 11.1 Å². The van der Waals surface area contributed by atoms with Gasteiger partial charge in [0.05, 0.1) is 11.6 Å². The summed E-state index contributed by atoms with van der Waals surface area (Å²) in [5.74, 6) is 0.219. The average Bonchev–Trinajstić information content (AvgIpc) is 3.50. The molecule has 5 rings (SSSR count). The highest BCUT2D eigenvalue weighted by Gasteiger charge is 2.49. The number of alkyl halides is 3. The van der Waals surface area contributed by atoms with Crippen LogP contribution in [0, 0.1) is 12.8 Å². The van der Waals surface area contributed by atoms with Crippen LogP contribution in [0.15, 0.2) is 42.0 Å². The summed E-state index contributed by atoms with van der Waals surface area (Å²) in [7, 11) is 0. The highest BCUT2D eigenvalue weighted by Crippen LogP contribution is 2.41. The number of rotatable bonds is 4. The molecule has 3 unspecified atom stereocenters. The smallest absolute Gasteiger partial charge is 0.417 e. The monoisotopic (exact) mass is 460 g/mol. The minimum absolute atomic E-state index is 0.125. The summed E-state index contributed by atoms with van der Waals surface area (Å²) in [6.45, 7) is 2.44. The van der Waals surface area contributed by atoms with Crippen LogP contribution in [0.4, 0.5) is 13.2 Å². The lowest BCUT2D eigenvalue weighted by atomic mass is 10.1.